The highest BCUT2D eigenvalue weighted by Gasteiger charge is 2.44. The van der Waals surface area contributed by atoms with Crippen molar-refractivity contribution in [3.63, 3.8) is 0 Å². The Bertz CT molecular complexity index is 959. The third kappa shape index (κ3) is 2.33. The quantitative estimate of drug-likeness (QED) is 0.652. The maximum absolute atomic E-state index is 13.8. The zero-order valence-electron chi connectivity index (χ0n) is 13.2. The van der Waals surface area contributed by atoms with Gasteiger partial charge in [-0.15, -0.1) is 0 Å². The Morgan fingerprint density at radius 1 is 0.960 bits per heavy atom. The molecule has 0 bridgehead atoms. The van der Waals surface area contributed by atoms with E-state index in [4.69, 9.17) is 8.37 Å². The lowest BCUT2D eigenvalue weighted by atomic mass is 9.89. The van der Waals surface area contributed by atoms with E-state index >= 15 is 0 Å². The topological polar surface area (TPSA) is 40.5 Å². The third-order valence-corrected chi connectivity index (χ3v) is 5.97. The Hall–Kier alpha value is -1.83. The summed E-state index contributed by atoms with van der Waals surface area (Å²) in [6.07, 6.45) is 2.00. The van der Waals surface area contributed by atoms with Crippen LogP contribution in [0.3, 0.4) is 0 Å². The minimum absolute atomic E-state index is 0.0962. The van der Waals surface area contributed by atoms with Gasteiger partial charge in [0.05, 0.1) is 6.04 Å². The third-order valence-electron chi connectivity index (χ3n) is 5.18. The van der Waals surface area contributed by atoms with Crippen LogP contribution in [-0.2, 0) is 19.7 Å². The van der Waals surface area contributed by atoms with E-state index in [-0.39, 0.29) is 29.9 Å². The van der Waals surface area contributed by atoms with Crippen LogP contribution >= 0.6 is 0 Å². The van der Waals surface area contributed by atoms with Crippen molar-refractivity contribution in [2.75, 3.05) is 0 Å². The van der Waals surface area contributed by atoms with Gasteiger partial charge in [0.25, 0.3) is 0 Å². The first-order chi connectivity index (χ1) is 12.1. The summed E-state index contributed by atoms with van der Waals surface area (Å²) in [6.45, 7) is 0. The highest BCUT2D eigenvalue weighted by atomic mass is 32.2. The molecule has 25 heavy (non-hydrogen) atoms. The summed E-state index contributed by atoms with van der Waals surface area (Å²) in [7, 11) is 0. The molecule has 0 spiro atoms. The van der Waals surface area contributed by atoms with E-state index < -0.39 is 11.4 Å². The molecule has 7 heteroatoms. The predicted octanol–water partition coefficient (Wildman–Crippen LogP) is 4.16. The molecule has 0 radical (unpaired) electrons. The fourth-order valence-corrected chi connectivity index (χ4v) is 5.07. The minimum Gasteiger partial charge on any atom is -0.335 e. The van der Waals surface area contributed by atoms with E-state index in [1.165, 1.54) is 24.3 Å². The molecular weight excluding hydrogens is 348 g/mol. The molecule has 5 rings (SSSR count). The summed E-state index contributed by atoms with van der Waals surface area (Å²) in [5.74, 6) is -0.724. The average Bonchev–Trinajstić information content (AvgIpc) is 3.11. The number of hydrogen-bond donors (Lipinski definition) is 0. The van der Waals surface area contributed by atoms with Crippen molar-refractivity contribution in [1.82, 2.24) is 4.57 Å². The van der Waals surface area contributed by atoms with Gasteiger partial charge in [-0.2, -0.15) is 4.21 Å². The number of rotatable bonds is 1. The minimum atomic E-state index is -1.73. The molecule has 2 aliphatic rings. The number of fused-ring (bicyclic) bond motifs is 4. The molecule has 3 aromatic rings. The summed E-state index contributed by atoms with van der Waals surface area (Å²) in [5.41, 5.74) is 1.63. The lowest BCUT2D eigenvalue weighted by Gasteiger charge is -2.32. The summed E-state index contributed by atoms with van der Waals surface area (Å²) in [4.78, 5) is 0. The second kappa shape index (κ2) is 5.59. The van der Waals surface area contributed by atoms with Gasteiger partial charge < -0.3 is 4.57 Å². The molecule has 1 aliphatic heterocycles. The Labute approximate surface area is 145 Å². The van der Waals surface area contributed by atoms with Gasteiger partial charge in [0.15, 0.2) is 0 Å². The van der Waals surface area contributed by atoms with Crippen molar-refractivity contribution in [3.05, 3.63) is 48.0 Å². The molecule has 130 valence electrons. The van der Waals surface area contributed by atoms with Gasteiger partial charge in [-0.25, -0.2) is 8.78 Å². The number of hydrogen-bond acceptors (Lipinski definition) is 3. The summed E-state index contributed by atoms with van der Waals surface area (Å²) >= 11 is -1.73. The van der Waals surface area contributed by atoms with Crippen molar-refractivity contribution in [2.45, 2.75) is 37.5 Å². The summed E-state index contributed by atoms with van der Waals surface area (Å²) in [6, 6.07) is 8.98. The standard InChI is InChI=1S/C18H15F2NO3S/c19-10-4-6-14-12(8-10)13-9-11(20)5-7-15(13)21(14)16-2-1-3-17-18(16)24-25(22)23-17/h4-9,16-18H,1-3H2. The molecule has 0 N–H and O–H groups in total. The zero-order chi connectivity index (χ0) is 17.1. The second-order valence-corrected chi connectivity index (χ2v) is 7.38. The van der Waals surface area contributed by atoms with Crippen LogP contribution in [0.25, 0.3) is 21.8 Å². The molecule has 1 aromatic heterocycles. The van der Waals surface area contributed by atoms with Crippen LogP contribution in [0.5, 0.6) is 0 Å². The number of nitrogens with zero attached hydrogens (tertiary/aromatic N) is 1. The van der Waals surface area contributed by atoms with Crippen LogP contribution < -0.4 is 0 Å². The van der Waals surface area contributed by atoms with Crippen molar-refractivity contribution in [2.24, 2.45) is 0 Å². The molecule has 4 unspecified atom stereocenters. The SMILES string of the molecule is O=S1OC2CCCC(n3c4ccc(F)cc4c4cc(F)ccc43)C2O1. The van der Waals surface area contributed by atoms with E-state index in [1.807, 2.05) is 0 Å². The van der Waals surface area contributed by atoms with Gasteiger partial charge in [-0.05, 0) is 55.7 Å². The van der Waals surface area contributed by atoms with E-state index in [0.29, 0.717) is 10.8 Å². The van der Waals surface area contributed by atoms with E-state index in [2.05, 4.69) is 4.57 Å². The Kier molecular flexibility index (Phi) is 3.45. The normalized spacial score (nSPS) is 29.4. The molecule has 2 fully saturated rings. The molecule has 1 saturated carbocycles. The lowest BCUT2D eigenvalue weighted by Crippen LogP contribution is -2.36. The maximum Gasteiger partial charge on any atom is 0.305 e. The Morgan fingerprint density at radius 3 is 2.24 bits per heavy atom. The van der Waals surface area contributed by atoms with Gasteiger partial charge in [0.2, 0.25) is 0 Å². The van der Waals surface area contributed by atoms with E-state index in [9.17, 15) is 13.0 Å². The second-order valence-electron chi connectivity index (χ2n) is 6.59. The van der Waals surface area contributed by atoms with Crippen molar-refractivity contribution in [3.8, 4) is 0 Å². The van der Waals surface area contributed by atoms with Crippen LogP contribution in [0.4, 0.5) is 8.78 Å². The summed E-state index contributed by atoms with van der Waals surface area (Å²) < 4.78 is 52.3. The molecule has 4 nitrogen and oxygen atoms in total. The first-order valence-electron chi connectivity index (χ1n) is 8.26. The van der Waals surface area contributed by atoms with Gasteiger partial charge in [0, 0.05) is 21.8 Å². The smallest absolute Gasteiger partial charge is 0.305 e. The van der Waals surface area contributed by atoms with Crippen molar-refractivity contribution < 1.29 is 21.4 Å². The average molecular weight is 363 g/mol. The van der Waals surface area contributed by atoms with Crippen LogP contribution in [0.1, 0.15) is 25.3 Å². The first-order valence-corrected chi connectivity index (χ1v) is 9.26. The van der Waals surface area contributed by atoms with Crippen molar-refractivity contribution in [1.29, 1.82) is 0 Å². The fraction of sp³-hybridized carbons (Fsp3) is 0.333. The van der Waals surface area contributed by atoms with E-state index in [1.54, 1.807) is 12.1 Å². The highest BCUT2D eigenvalue weighted by molar-refractivity contribution is 7.75. The number of aromatic nitrogens is 1. The van der Waals surface area contributed by atoms with Crippen LogP contribution in [0, 0.1) is 11.6 Å². The van der Waals surface area contributed by atoms with Crippen LogP contribution in [0.2, 0.25) is 0 Å². The summed E-state index contributed by atoms with van der Waals surface area (Å²) in [5, 5.41) is 1.33. The Balaban J connectivity index is 1.78. The fourth-order valence-electron chi connectivity index (χ4n) is 4.18. The monoisotopic (exact) mass is 363 g/mol. The molecular formula is C18H15F2NO3S. The first kappa shape index (κ1) is 15.4. The molecule has 1 saturated heterocycles. The largest absolute Gasteiger partial charge is 0.335 e. The van der Waals surface area contributed by atoms with Gasteiger partial charge in [-0.1, -0.05) is 0 Å². The van der Waals surface area contributed by atoms with Crippen molar-refractivity contribution >= 4 is 33.2 Å². The number of halogens is 2. The van der Waals surface area contributed by atoms with Gasteiger partial charge >= 0.3 is 11.4 Å². The maximum atomic E-state index is 13.8. The van der Waals surface area contributed by atoms with Crippen LogP contribution in [0.15, 0.2) is 36.4 Å². The van der Waals surface area contributed by atoms with E-state index in [0.717, 1.165) is 30.3 Å². The molecule has 1 aliphatic carbocycles. The zero-order valence-corrected chi connectivity index (χ0v) is 14.0. The molecule has 0 amide bonds. The number of benzene rings is 2. The lowest BCUT2D eigenvalue weighted by molar-refractivity contribution is 0.0671. The molecule has 4 atom stereocenters. The van der Waals surface area contributed by atoms with Crippen LogP contribution in [-0.4, -0.2) is 21.0 Å². The Morgan fingerprint density at radius 2 is 1.60 bits per heavy atom. The van der Waals surface area contributed by atoms with Gasteiger partial charge in [-0.3, -0.25) is 8.37 Å². The molecule has 2 heterocycles. The molecule has 2 aromatic carbocycles. The highest BCUT2D eigenvalue weighted by Crippen LogP contribution is 2.42. The van der Waals surface area contributed by atoms with Gasteiger partial charge in [0.1, 0.15) is 23.8 Å². The predicted molar refractivity (Wildman–Crippen MR) is 90.1 cm³/mol.